The van der Waals surface area contributed by atoms with E-state index in [-0.39, 0.29) is 30.9 Å². The van der Waals surface area contributed by atoms with E-state index >= 15 is 0 Å². The highest BCUT2D eigenvalue weighted by atomic mass is 35.5. The highest BCUT2D eigenvalue weighted by molar-refractivity contribution is 6.30. The fourth-order valence-corrected chi connectivity index (χ4v) is 3.67. The van der Waals surface area contributed by atoms with E-state index in [1.807, 2.05) is 12.1 Å². The molecule has 1 N–H and O–H groups in total. The normalized spacial score (nSPS) is 14.9. The molecule has 2 amide bonds. The molecule has 1 atom stereocenters. The first-order valence-corrected chi connectivity index (χ1v) is 10.5. The molecule has 0 aliphatic heterocycles. The van der Waals surface area contributed by atoms with E-state index in [0.29, 0.717) is 5.02 Å². The fourth-order valence-electron chi connectivity index (χ4n) is 3.55. The van der Waals surface area contributed by atoms with Crippen molar-refractivity contribution < 1.29 is 18.7 Å². The molecule has 0 spiro atoms. The molecule has 1 aliphatic carbocycles. The predicted molar refractivity (Wildman–Crippen MR) is 114 cm³/mol. The van der Waals surface area contributed by atoms with E-state index in [1.165, 1.54) is 17.0 Å². The van der Waals surface area contributed by atoms with Crippen molar-refractivity contribution in [2.75, 3.05) is 6.61 Å². The Morgan fingerprint density at radius 3 is 2.50 bits per heavy atom. The molecule has 1 saturated carbocycles. The van der Waals surface area contributed by atoms with Gasteiger partial charge in [-0.05, 0) is 49.6 Å². The maximum Gasteiger partial charge on any atom is 0.261 e. The Hall–Kier alpha value is -2.60. The van der Waals surface area contributed by atoms with Crippen LogP contribution in [-0.2, 0) is 16.1 Å². The summed E-state index contributed by atoms with van der Waals surface area (Å²) in [5.74, 6) is -1.14. The molecule has 0 unspecified atom stereocenters. The Kier molecular flexibility index (Phi) is 7.69. The van der Waals surface area contributed by atoms with Crippen molar-refractivity contribution >= 4 is 23.4 Å². The summed E-state index contributed by atoms with van der Waals surface area (Å²) < 4.78 is 19.2. The van der Waals surface area contributed by atoms with Gasteiger partial charge in [0.15, 0.2) is 18.2 Å². The van der Waals surface area contributed by atoms with Crippen LogP contribution in [0.1, 0.15) is 38.2 Å². The number of rotatable bonds is 8. The quantitative estimate of drug-likeness (QED) is 0.675. The Morgan fingerprint density at radius 2 is 1.83 bits per heavy atom. The van der Waals surface area contributed by atoms with E-state index in [0.717, 1.165) is 31.2 Å². The number of hydrogen-bond donors (Lipinski definition) is 1. The lowest BCUT2D eigenvalue weighted by molar-refractivity contribution is -0.142. The van der Waals surface area contributed by atoms with E-state index < -0.39 is 17.8 Å². The van der Waals surface area contributed by atoms with Gasteiger partial charge in [0.1, 0.15) is 6.04 Å². The average molecular weight is 433 g/mol. The maximum atomic E-state index is 13.8. The third kappa shape index (κ3) is 5.95. The van der Waals surface area contributed by atoms with Crippen molar-refractivity contribution in [2.24, 2.45) is 0 Å². The predicted octanol–water partition coefficient (Wildman–Crippen LogP) is 4.33. The SMILES string of the molecule is C[C@@H](C(=O)NC1CCCC1)N(Cc1ccc(Cl)cc1)C(=O)COc1ccccc1F. The smallest absolute Gasteiger partial charge is 0.261 e. The number of hydrogen-bond acceptors (Lipinski definition) is 3. The Morgan fingerprint density at radius 1 is 1.17 bits per heavy atom. The molecule has 1 aliphatic rings. The van der Waals surface area contributed by atoms with Gasteiger partial charge < -0.3 is 15.0 Å². The van der Waals surface area contributed by atoms with Gasteiger partial charge in [0.05, 0.1) is 0 Å². The summed E-state index contributed by atoms with van der Waals surface area (Å²) in [7, 11) is 0. The fraction of sp³-hybridized carbons (Fsp3) is 0.391. The standard InChI is InChI=1S/C23H26ClFN2O3/c1-16(23(29)26-19-6-2-3-7-19)27(14-17-10-12-18(24)13-11-17)22(28)15-30-21-9-5-4-8-20(21)25/h4-5,8-13,16,19H,2-3,6-7,14-15H2,1H3,(H,26,29)/t16-/m0/s1. The van der Waals surface area contributed by atoms with Crippen LogP contribution in [0.15, 0.2) is 48.5 Å². The van der Waals surface area contributed by atoms with Crippen molar-refractivity contribution in [1.29, 1.82) is 0 Å². The summed E-state index contributed by atoms with van der Waals surface area (Å²) in [5, 5.41) is 3.63. The first-order chi connectivity index (χ1) is 14.4. The van der Waals surface area contributed by atoms with Crippen LogP contribution in [0.5, 0.6) is 5.75 Å². The Bertz CT molecular complexity index is 869. The van der Waals surface area contributed by atoms with Crippen molar-refractivity contribution in [3.63, 3.8) is 0 Å². The maximum absolute atomic E-state index is 13.8. The molecule has 0 aromatic heterocycles. The van der Waals surface area contributed by atoms with Gasteiger partial charge in [-0.1, -0.05) is 48.7 Å². The van der Waals surface area contributed by atoms with E-state index in [1.54, 1.807) is 31.2 Å². The highest BCUT2D eigenvalue weighted by Crippen LogP contribution is 2.20. The molecule has 0 radical (unpaired) electrons. The lowest BCUT2D eigenvalue weighted by Gasteiger charge is -2.29. The summed E-state index contributed by atoms with van der Waals surface area (Å²) in [4.78, 5) is 27.2. The van der Waals surface area contributed by atoms with Crippen LogP contribution in [0.2, 0.25) is 5.02 Å². The Labute approximate surface area is 181 Å². The number of nitrogens with zero attached hydrogens (tertiary/aromatic N) is 1. The summed E-state index contributed by atoms with van der Waals surface area (Å²) in [6.45, 7) is 1.55. The van der Waals surface area contributed by atoms with Crippen molar-refractivity contribution in [2.45, 2.75) is 51.2 Å². The van der Waals surface area contributed by atoms with Crippen LogP contribution in [0.3, 0.4) is 0 Å². The van der Waals surface area contributed by atoms with E-state index in [4.69, 9.17) is 16.3 Å². The highest BCUT2D eigenvalue weighted by Gasteiger charge is 2.28. The summed E-state index contributed by atoms with van der Waals surface area (Å²) in [6.07, 6.45) is 4.12. The molecular weight excluding hydrogens is 407 g/mol. The number of nitrogens with one attached hydrogen (secondary N) is 1. The topological polar surface area (TPSA) is 58.6 Å². The lowest BCUT2D eigenvalue weighted by atomic mass is 10.1. The largest absolute Gasteiger partial charge is 0.481 e. The molecule has 30 heavy (non-hydrogen) atoms. The van der Waals surface area contributed by atoms with Crippen LogP contribution in [0.25, 0.3) is 0 Å². The number of carbonyl (C=O) groups is 2. The van der Waals surface area contributed by atoms with Gasteiger partial charge in [0, 0.05) is 17.6 Å². The Balaban J connectivity index is 1.71. The third-order valence-corrected chi connectivity index (χ3v) is 5.57. The van der Waals surface area contributed by atoms with Gasteiger partial charge in [-0.25, -0.2) is 4.39 Å². The number of amides is 2. The van der Waals surface area contributed by atoms with Crippen LogP contribution in [0.4, 0.5) is 4.39 Å². The summed E-state index contributed by atoms with van der Waals surface area (Å²) in [5.41, 5.74) is 0.833. The van der Waals surface area contributed by atoms with Gasteiger partial charge >= 0.3 is 0 Å². The number of ether oxygens (including phenoxy) is 1. The van der Waals surface area contributed by atoms with Crippen LogP contribution in [-0.4, -0.2) is 35.4 Å². The van der Waals surface area contributed by atoms with Gasteiger partial charge in [-0.2, -0.15) is 0 Å². The van der Waals surface area contributed by atoms with Crippen molar-refractivity contribution in [3.05, 3.63) is 64.9 Å². The minimum absolute atomic E-state index is 0.000327. The zero-order valence-corrected chi connectivity index (χ0v) is 17.7. The molecule has 2 aromatic rings. The molecule has 1 fully saturated rings. The zero-order chi connectivity index (χ0) is 21.5. The molecular formula is C23H26ClFN2O3. The van der Waals surface area contributed by atoms with Crippen LogP contribution in [0, 0.1) is 5.82 Å². The van der Waals surface area contributed by atoms with E-state index in [9.17, 15) is 14.0 Å². The van der Waals surface area contributed by atoms with Gasteiger partial charge in [-0.3, -0.25) is 9.59 Å². The molecule has 7 heteroatoms. The lowest BCUT2D eigenvalue weighted by Crippen LogP contribution is -2.50. The first kappa shape index (κ1) is 22.1. The minimum atomic E-state index is -0.696. The second kappa shape index (κ2) is 10.4. The van der Waals surface area contributed by atoms with Crippen LogP contribution < -0.4 is 10.1 Å². The molecule has 0 heterocycles. The molecule has 2 aromatic carbocycles. The van der Waals surface area contributed by atoms with Crippen molar-refractivity contribution in [3.8, 4) is 5.75 Å². The summed E-state index contributed by atoms with van der Waals surface area (Å²) in [6, 6.07) is 12.4. The van der Waals surface area contributed by atoms with E-state index in [2.05, 4.69) is 5.32 Å². The molecule has 3 rings (SSSR count). The number of benzene rings is 2. The molecule has 0 saturated heterocycles. The summed E-state index contributed by atoms with van der Waals surface area (Å²) >= 11 is 5.95. The second-order valence-corrected chi connectivity index (χ2v) is 7.97. The monoisotopic (exact) mass is 432 g/mol. The number of halogens is 2. The molecule has 0 bridgehead atoms. The molecule has 5 nitrogen and oxygen atoms in total. The number of carbonyl (C=O) groups excluding carboxylic acids is 2. The first-order valence-electron chi connectivity index (χ1n) is 10.2. The van der Waals surface area contributed by atoms with Gasteiger partial charge in [0.2, 0.25) is 5.91 Å². The zero-order valence-electron chi connectivity index (χ0n) is 16.9. The second-order valence-electron chi connectivity index (χ2n) is 7.53. The third-order valence-electron chi connectivity index (χ3n) is 5.32. The van der Waals surface area contributed by atoms with Gasteiger partial charge in [-0.15, -0.1) is 0 Å². The molecule has 160 valence electrons. The van der Waals surface area contributed by atoms with Gasteiger partial charge in [0.25, 0.3) is 5.91 Å². The van der Waals surface area contributed by atoms with Crippen molar-refractivity contribution in [1.82, 2.24) is 10.2 Å². The number of para-hydroxylation sites is 1. The average Bonchev–Trinajstić information content (AvgIpc) is 3.25. The minimum Gasteiger partial charge on any atom is -0.481 e. The van der Waals surface area contributed by atoms with Crippen LogP contribution >= 0.6 is 11.6 Å².